The van der Waals surface area contributed by atoms with Crippen molar-refractivity contribution in [2.24, 2.45) is 13.0 Å². The Balaban J connectivity index is 1.83. The highest BCUT2D eigenvalue weighted by atomic mass is 16.4. The van der Waals surface area contributed by atoms with Crippen molar-refractivity contribution in [2.75, 3.05) is 0 Å². The Labute approximate surface area is 125 Å². The first-order valence-corrected chi connectivity index (χ1v) is 8.30. The van der Waals surface area contributed by atoms with Crippen molar-refractivity contribution >= 4 is 5.97 Å². The second-order valence-electron chi connectivity index (χ2n) is 6.62. The van der Waals surface area contributed by atoms with Gasteiger partial charge in [0.25, 0.3) is 0 Å². The summed E-state index contributed by atoms with van der Waals surface area (Å²) in [6.45, 7) is 0. The summed E-state index contributed by atoms with van der Waals surface area (Å²) in [4.78, 5) is 16.3. The van der Waals surface area contributed by atoms with E-state index in [1.807, 2.05) is 11.7 Å². The standard InChI is InChI=1S/C16H25N3O2/c1-19-15(12-9-5-6-10-13(12)16(20)21)17-14(18-19)11-7-3-2-4-8-11/h11-13H,2-10H2,1H3,(H,20,21). The largest absolute Gasteiger partial charge is 0.481 e. The van der Waals surface area contributed by atoms with Crippen molar-refractivity contribution in [1.29, 1.82) is 0 Å². The Morgan fingerprint density at radius 2 is 1.76 bits per heavy atom. The zero-order chi connectivity index (χ0) is 14.8. The fourth-order valence-corrected chi connectivity index (χ4v) is 4.01. The minimum absolute atomic E-state index is 0.0334. The lowest BCUT2D eigenvalue weighted by Gasteiger charge is -2.27. The molecular formula is C16H25N3O2. The van der Waals surface area contributed by atoms with Crippen LogP contribution in [0.15, 0.2) is 0 Å². The zero-order valence-corrected chi connectivity index (χ0v) is 12.8. The Morgan fingerprint density at radius 3 is 2.48 bits per heavy atom. The predicted octanol–water partition coefficient (Wildman–Crippen LogP) is 3.22. The van der Waals surface area contributed by atoms with Gasteiger partial charge in [0.1, 0.15) is 5.82 Å². The second-order valence-corrected chi connectivity index (χ2v) is 6.62. The number of rotatable bonds is 3. The number of aliphatic carboxylic acids is 1. The maximum absolute atomic E-state index is 11.5. The van der Waals surface area contributed by atoms with Crippen LogP contribution in [0.5, 0.6) is 0 Å². The van der Waals surface area contributed by atoms with Crippen LogP contribution in [-0.4, -0.2) is 25.8 Å². The van der Waals surface area contributed by atoms with E-state index in [9.17, 15) is 9.90 Å². The van der Waals surface area contributed by atoms with Crippen LogP contribution in [0, 0.1) is 5.92 Å². The highest BCUT2D eigenvalue weighted by Gasteiger charge is 2.35. The first kappa shape index (κ1) is 14.5. The first-order valence-electron chi connectivity index (χ1n) is 8.30. The van der Waals surface area contributed by atoms with Crippen molar-refractivity contribution < 1.29 is 9.90 Å². The molecule has 2 fully saturated rings. The monoisotopic (exact) mass is 291 g/mol. The molecule has 5 heteroatoms. The van der Waals surface area contributed by atoms with E-state index in [4.69, 9.17) is 4.98 Å². The van der Waals surface area contributed by atoms with Crippen LogP contribution in [-0.2, 0) is 11.8 Å². The Hall–Kier alpha value is -1.39. The highest BCUT2D eigenvalue weighted by Crippen LogP contribution is 2.38. The summed E-state index contributed by atoms with van der Waals surface area (Å²) in [6.07, 6.45) is 10.0. The highest BCUT2D eigenvalue weighted by molar-refractivity contribution is 5.71. The van der Waals surface area contributed by atoms with Gasteiger partial charge in [0.05, 0.1) is 5.92 Å². The van der Waals surface area contributed by atoms with Gasteiger partial charge >= 0.3 is 5.97 Å². The maximum atomic E-state index is 11.5. The van der Waals surface area contributed by atoms with Gasteiger partial charge in [-0.05, 0) is 25.7 Å². The molecule has 0 spiro atoms. The Bertz CT molecular complexity index is 506. The molecule has 0 saturated heterocycles. The molecule has 0 aromatic carbocycles. The van der Waals surface area contributed by atoms with Gasteiger partial charge in [0, 0.05) is 18.9 Å². The number of hydrogen-bond acceptors (Lipinski definition) is 3. The molecule has 0 bridgehead atoms. The normalized spacial score (nSPS) is 27.7. The van der Waals surface area contributed by atoms with Crippen molar-refractivity contribution in [1.82, 2.24) is 14.8 Å². The number of nitrogens with zero attached hydrogens (tertiary/aromatic N) is 3. The second kappa shape index (κ2) is 6.16. The fraction of sp³-hybridized carbons (Fsp3) is 0.812. The number of aromatic nitrogens is 3. The van der Waals surface area contributed by atoms with E-state index in [1.165, 1.54) is 32.1 Å². The fourth-order valence-electron chi connectivity index (χ4n) is 4.01. The summed E-state index contributed by atoms with van der Waals surface area (Å²) < 4.78 is 1.84. The molecular weight excluding hydrogens is 266 g/mol. The average Bonchev–Trinajstić information content (AvgIpc) is 2.90. The lowest BCUT2D eigenvalue weighted by molar-refractivity contribution is -0.143. The lowest BCUT2D eigenvalue weighted by atomic mass is 9.78. The third kappa shape index (κ3) is 2.97. The van der Waals surface area contributed by atoms with Gasteiger partial charge in [-0.3, -0.25) is 9.48 Å². The third-order valence-corrected chi connectivity index (χ3v) is 5.20. The van der Waals surface area contributed by atoms with Crippen LogP contribution in [0.25, 0.3) is 0 Å². The summed E-state index contributed by atoms with van der Waals surface area (Å²) >= 11 is 0. The number of carbonyl (C=O) groups is 1. The third-order valence-electron chi connectivity index (χ3n) is 5.20. The van der Waals surface area contributed by atoms with Gasteiger partial charge in [-0.15, -0.1) is 0 Å². The molecule has 3 rings (SSSR count). The molecule has 2 aliphatic carbocycles. The lowest BCUT2D eigenvalue weighted by Crippen LogP contribution is -2.27. The smallest absolute Gasteiger partial charge is 0.307 e. The molecule has 2 atom stereocenters. The van der Waals surface area contributed by atoms with Crippen LogP contribution in [0.1, 0.15) is 81.3 Å². The number of carboxylic acid groups (broad SMARTS) is 1. The van der Waals surface area contributed by atoms with Gasteiger partial charge in [-0.25, -0.2) is 4.98 Å². The molecule has 1 N–H and O–H groups in total. The summed E-state index contributed by atoms with van der Waals surface area (Å²) in [5.41, 5.74) is 0. The number of aryl methyl sites for hydroxylation is 1. The van der Waals surface area contributed by atoms with Gasteiger partial charge in [-0.2, -0.15) is 5.10 Å². The average molecular weight is 291 g/mol. The summed E-state index contributed by atoms with van der Waals surface area (Å²) in [5.74, 6) is 1.38. The van der Waals surface area contributed by atoms with Crippen LogP contribution < -0.4 is 0 Å². The minimum atomic E-state index is -0.679. The molecule has 116 valence electrons. The van der Waals surface area contributed by atoms with E-state index >= 15 is 0 Å². The first-order chi connectivity index (χ1) is 10.2. The predicted molar refractivity (Wildman–Crippen MR) is 79.2 cm³/mol. The van der Waals surface area contributed by atoms with Crippen LogP contribution in [0.4, 0.5) is 0 Å². The summed E-state index contributed by atoms with van der Waals surface area (Å²) in [5, 5.41) is 14.1. The topological polar surface area (TPSA) is 68.0 Å². The van der Waals surface area contributed by atoms with Crippen molar-refractivity contribution in [3.05, 3.63) is 11.6 Å². The van der Waals surface area contributed by atoms with Crippen LogP contribution >= 0.6 is 0 Å². The SMILES string of the molecule is Cn1nc(C2CCCCC2)nc1C1CCCCC1C(=O)O. The van der Waals surface area contributed by atoms with E-state index in [-0.39, 0.29) is 11.8 Å². The maximum Gasteiger partial charge on any atom is 0.307 e. The van der Waals surface area contributed by atoms with E-state index in [0.29, 0.717) is 5.92 Å². The minimum Gasteiger partial charge on any atom is -0.481 e. The van der Waals surface area contributed by atoms with E-state index in [0.717, 1.165) is 37.3 Å². The molecule has 0 radical (unpaired) electrons. The molecule has 2 saturated carbocycles. The van der Waals surface area contributed by atoms with Gasteiger partial charge in [-0.1, -0.05) is 32.1 Å². The summed E-state index contributed by atoms with van der Waals surface area (Å²) in [7, 11) is 1.92. The van der Waals surface area contributed by atoms with E-state index < -0.39 is 5.97 Å². The molecule has 2 aliphatic rings. The molecule has 1 aromatic rings. The van der Waals surface area contributed by atoms with Crippen molar-refractivity contribution in [2.45, 2.75) is 69.6 Å². The van der Waals surface area contributed by atoms with E-state index in [2.05, 4.69) is 5.10 Å². The molecule has 0 amide bonds. The Morgan fingerprint density at radius 1 is 1.10 bits per heavy atom. The quantitative estimate of drug-likeness (QED) is 0.928. The van der Waals surface area contributed by atoms with Gasteiger partial charge in [0.2, 0.25) is 0 Å². The van der Waals surface area contributed by atoms with E-state index in [1.54, 1.807) is 0 Å². The number of hydrogen-bond donors (Lipinski definition) is 1. The van der Waals surface area contributed by atoms with Crippen molar-refractivity contribution in [3.63, 3.8) is 0 Å². The van der Waals surface area contributed by atoms with Crippen molar-refractivity contribution in [3.8, 4) is 0 Å². The molecule has 5 nitrogen and oxygen atoms in total. The summed E-state index contributed by atoms with van der Waals surface area (Å²) in [6, 6.07) is 0. The van der Waals surface area contributed by atoms with Gasteiger partial charge < -0.3 is 5.11 Å². The molecule has 21 heavy (non-hydrogen) atoms. The Kier molecular flexibility index (Phi) is 4.27. The molecule has 0 aliphatic heterocycles. The van der Waals surface area contributed by atoms with Crippen LogP contribution in [0.2, 0.25) is 0 Å². The molecule has 1 aromatic heterocycles. The molecule has 1 heterocycles. The van der Waals surface area contributed by atoms with Crippen LogP contribution in [0.3, 0.4) is 0 Å². The van der Waals surface area contributed by atoms with Gasteiger partial charge in [0.15, 0.2) is 5.82 Å². The number of carboxylic acids is 1. The molecule has 2 unspecified atom stereocenters. The zero-order valence-electron chi connectivity index (χ0n) is 12.8.